The second-order valence-electron chi connectivity index (χ2n) is 8.13. The third-order valence-corrected chi connectivity index (χ3v) is 7.63. The number of benzene rings is 2. The molecule has 0 amide bonds. The van der Waals surface area contributed by atoms with E-state index in [-0.39, 0.29) is 10.6 Å². The topological polar surface area (TPSA) is 76.9 Å². The number of hydrogen-bond acceptors (Lipinski definition) is 6. The van der Waals surface area contributed by atoms with Gasteiger partial charge >= 0.3 is 6.61 Å². The number of aromatic nitrogens is 2. The fourth-order valence-electron chi connectivity index (χ4n) is 4.11. The zero-order chi connectivity index (χ0) is 24.3. The highest BCUT2D eigenvalue weighted by Gasteiger charge is 2.27. The van der Waals surface area contributed by atoms with Gasteiger partial charge in [-0.2, -0.15) is 13.1 Å². The summed E-state index contributed by atoms with van der Waals surface area (Å²) in [6, 6.07) is 11.6. The molecule has 2 heterocycles. The largest absolute Gasteiger partial charge is 0.435 e. The lowest BCUT2D eigenvalue weighted by Gasteiger charge is -2.26. The Morgan fingerprint density at radius 1 is 1.12 bits per heavy atom. The molecular weight excluding hydrogens is 466 g/mol. The predicted octanol–water partition coefficient (Wildman–Crippen LogP) is 3.31. The Bertz CT molecular complexity index is 1230. The van der Waals surface area contributed by atoms with Gasteiger partial charge in [0.2, 0.25) is 10.0 Å². The first-order valence-electron chi connectivity index (χ1n) is 11.1. The Morgan fingerprint density at radius 3 is 2.47 bits per heavy atom. The van der Waals surface area contributed by atoms with E-state index in [9.17, 15) is 17.2 Å². The molecule has 4 rings (SSSR count). The first-order chi connectivity index (χ1) is 16.3. The van der Waals surface area contributed by atoms with Crippen LogP contribution in [0.1, 0.15) is 18.3 Å². The standard InChI is InChI=1S/C23H28F2N4O4S/c1-3-29-21-9-8-19(34(30,31)28-10-12-32-13-11-28)14-20(21)26-22(29)16-27(2)15-17-4-6-18(7-5-17)33-23(24)25/h4-9,14,23H,3,10-13,15-16H2,1-2H3. The van der Waals surface area contributed by atoms with E-state index in [0.29, 0.717) is 51.5 Å². The average molecular weight is 495 g/mol. The van der Waals surface area contributed by atoms with Crippen molar-refractivity contribution in [1.29, 1.82) is 0 Å². The fraction of sp³-hybridized carbons (Fsp3) is 0.435. The molecule has 11 heteroatoms. The van der Waals surface area contributed by atoms with Crippen LogP contribution in [0.15, 0.2) is 47.4 Å². The lowest BCUT2D eigenvalue weighted by molar-refractivity contribution is -0.0498. The zero-order valence-corrected chi connectivity index (χ0v) is 20.0. The van der Waals surface area contributed by atoms with Crippen molar-refractivity contribution in [2.24, 2.45) is 0 Å². The smallest absolute Gasteiger partial charge is 0.387 e. The molecule has 1 aliphatic heterocycles. The fourth-order valence-corrected chi connectivity index (χ4v) is 5.54. The van der Waals surface area contributed by atoms with Crippen LogP contribution < -0.4 is 4.74 Å². The van der Waals surface area contributed by atoms with Crippen molar-refractivity contribution >= 4 is 21.1 Å². The molecule has 0 atom stereocenters. The molecule has 34 heavy (non-hydrogen) atoms. The highest BCUT2D eigenvalue weighted by Crippen LogP contribution is 2.24. The Morgan fingerprint density at radius 2 is 1.82 bits per heavy atom. The van der Waals surface area contributed by atoms with Gasteiger partial charge in [0.05, 0.1) is 35.7 Å². The minimum atomic E-state index is -3.60. The first kappa shape index (κ1) is 24.5. The lowest BCUT2D eigenvalue weighted by Crippen LogP contribution is -2.40. The van der Waals surface area contributed by atoms with Crippen LogP contribution in [0.3, 0.4) is 0 Å². The number of sulfonamides is 1. The predicted molar refractivity (Wildman–Crippen MR) is 123 cm³/mol. The molecule has 0 aliphatic carbocycles. The Kier molecular flexibility index (Phi) is 7.46. The number of aryl methyl sites for hydroxylation is 1. The SMILES string of the molecule is CCn1c(CN(C)Cc2ccc(OC(F)F)cc2)nc2cc(S(=O)(=O)N3CCOCC3)ccc21. The van der Waals surface area contributed by atoms with Gasteiger partial charge in [0.25, 0.3) is 0 Å². The number of ether oxygens (including phenoxy) is 2. The number of morpholine rings is 1. The Labute approximate surface area is 197 Å². The summed E-state index contributed by atoms with van der Waals surface area (Å²) >= 11 is 0. The van der Waals surface area contributed by atoms with Crippen LogP contribution in [0.4, 0.5) is 8.78 Å². The summed E-state index contributed by atoms with van der Waals surface area (Å²) in [5.41, 5.74) is 2.45. The minimum Gasteiger partial charge on any atom is -0.435 e. The molecule has 0 spiro atoms. The second-order valence-corrected chi connectivity index (χ2v) is 10.1. The van der Waals surface area contributed by atoms with Gasteiger partial charge in [-0.05, 0) is 49.9 Å². The maximum atomic E-state index is 13.0. The molecule has 0 unspecified atom stereocenters. The third kappa shape index (κ3) is 5.38. The van der Waals surface area contributed by atoms with Crippen molar-refractivity contribution in [2.75, 3.05) is 33.4 Å². The number of hydrogen-bond donors (Lipinski definition) is 0. The van der Waals surface area contributed by atoms with Gasteiger partial charge in [-0.1, -0.05) is 12.1 Å². The summed E-state index contributed by atoms with van der Waals surface area (Å²) in [7, 11) is -1.66. The molecule has 0 radical (unpaired) electrons. The summed E-state index contributed by atoms with van der Waals surface area (Å²) in [5.74, 6) is 0.940. The van der Waals surface area contributed by atoms with Crippen LogP contribution in [0.5, 0.6) is 5.75 Å². The maximum Gasteiger partial charge on any atom is 0.387 e. The molecule has 1 saturated heterocycles. The number of alkyl halides is 2. The lowest BCUT2D eigenvalue weighted by atomic mass is 10.2. The average Bonchev–Trinajstić information content (AvgIpc) is 3.16. The maximum absolute atomic E-state index is 13.0. The van der Waals surface area contributed by atoms with E-state index in [4.69, 9.17) is 9.72 Å². The monoisotopic (exact) mass is 494 g/mol. The van der Waals surface area contributed by atoms with E-state index in [1.165, 1.54) is 16.4 Å². The number of imidazole rings is 1. The minimum absolute atomic E-state index is 0.122. The number of halogens is 2. The van der Waals surface area contributed by atoms with Gasteiger partial charge in [-0.15, -0.1) is 0 Å². The quantitative estimate of drug-likeness (QED) is 0.454. The molecule has 2 aromatic carbocycles. The van der Waals surface area contributed by atoms with E-state index in [0.717, 1.165) is 16.9 Å². The number of rotatable bonds is 9. The highest BCUT2D eigenvalue weighted by atomic mass is 32.2. The molecule has 0 saturated carbocycles. The van der Waals surface area contributed by atoms with Crippen LogP contribution in [-0.4, -0.2) is 67.1 Å². The van der Waals surface area contributed by atoms with Gasteiger partial charge in [-0.25, -0.2) is 13.4 Å². The highest BCUT2D eigenvalue weighted by molar-refractivity contribution is 7.89. The van der Waals surface area contributed by atoms with Crippen LogP contribution in [0.2, 0.25) is 0 Å². The summed E-state index contributed by atoms with van der Waals surface area (Å²) in [6.07, 6.45) is 0. The summed E-state index contributed by atoms with van der Waals surface area (Å²) in [6.45, 7) is 2.44. The van der Waals surface area contributed by atoms with E-state index >= 15 is 0 Å². The second kappa shape index (κ2) is 10.3. The van der Waals surface area contributed by atoms with E-state index < -0.39 is 16.6 Å². The summed E-state index contributed by atoms with van der Waals surface area (Å²) < 4.78 is 63.9. The molecule has 8 nitrogen and oxygen atoms in total. The van der Waals surface area contributed by atoms with Crippen molar-refractivity contribution in [3.05, 3.63) is 53.9 Å². The Balaban J connectivity index is 1.52. The molecular formula is C23H28F2N4O4S. The van der Waals surface area contributed by atoms with Gasteiger partial charge in [0, 0.05) is 26.2 Å². The van der Waals surface area contributed by atoms with E-state index in [1.807, 2.05) is 20.0 Å². The molecule has 3 aromatic rings. The van der Waals surface area contributed by atoms with Crippen LogP contribution in [-0.2, 0) is 34.4 Å². The molecule has 0 N–H and O–H groups in total. The third-order valence-electron chi connectivity index (χ3n) is 5.74. The van der Waals surface area contributed by atoms with Crippen molar-refractivity contribution in [3.8, 4) is 5.75 Å². The molecule has 0 bridgehead atoms. The summed E-state index contributed by atoms with van der Waals surface area (Å²) in [4.78, 5) is 7.03. The number of fused-ring (bicyclic) bond motifs is 1. The van der Waals surface area contributed by atoms with Crippen LogP contribution in [0.25, 0.3) is 11.0 Å². The van der Waals surface area contributed by atoms with Gasteiger partial charge in [-0.3, -0.25) is 4.90 Å². The van der Waals surface area contributed by atoms with Gasteiger partial charge < -0.3 is 14.0 Å². The van der Waals surface area contributed by atoms with Gasteiger partial charge in [0.1, 0.15) is 11.6 Å². The molecule has 1 aliphatic rings. The molecule has 1 fully saturated rings. The Hall–Kier alpha value is -2.60. The molecule has 184 valence electrons. The van der Waals surface area contributed by atoms with Crippen molar-refractivity contribution in [2.45, 2.75) is 38.1 Å². The molecule has 1 aromatic heterocycles. The van der Waals surface area contributed by atoms with Gasteiger partial charge in [0.15, 0.2) is 0 Å². The van der Waals surface area contributed by atoms with E-state index in [2.05, 4.69) is 14.2 Å². The normalized spacial score (nSPS) is 15.5. The summed E-state index contributed by atoms with van der Waals surface area (Å²) in [5, 5.41) is 0. The van der Waals surface area contributed by atoms with Crippen molar-refractivity contribution in [3.63, 3.8) is 0 Å². The zero-order valence-electron chi connectivity index (χ0n) is 19.2. The van der Waals surface area contributed by atoms with Crippen molar-refractivity contribution in [1.82, 2.24) is 18.8 Å². The van der Waals surface area contributed by atoms with Crippen molar-refractivity contribution < 1.29 is 26.7 Å². The van der Waals surface area contributed by atoms with Crippen LogP contribution in [0, 0.1) is 0 Å². The first-order valence-corrected chi connectivity index (χ1v) is 12.5. The van der Waals surface area contributed by atoms with E-state index in [1.54, 1.807) is 24.3 Å². The number of nitrogens with zero attached hydrogens (tertiary/aromatic N) is 4. The van der Waals surface area contributed by atoms with Crippen LogP contribution >= 0.6 is 0 Å².